The first kappa shape index (κ1) is 24.0. The minimum atomic E-state index is -0.723. The number of aromatic hydroxyl groups is 1. The van der Waals surface area contributed by atoms with E-state index in [2.05, 4.69) is 5.32 Å². The molecule has 0 saturated carbocycles. The second-order valence-corrected chi connectivity index (χ2v) is 9.51. The molecule has 0 heterocycles. The Balaban J connectivity index is 3.04. The van der Waals surface area contributed by atoms with Gasteiger partial charge in [-0.1, -0.05) is 39.0 Å². The number of benzene rings is 1. The summed E-state index contributed by atoms with van der Waals surface area (Å²) in [5.74, 6) is -0.338. The van der Waals surface area contributed by atoms with E-state index < -0.39 is 17.6 Å². The summed E-state index contributed by atoms with van der Waals surface area (Å²) in [6, 6.07) is 4.89. The fourth-order valence-electron chi connectivity index (χ4n) is 2.70. The number of rotatable bonds is 6. The number of phenolic OH excluding ortho intramolecular Hbond substituents is 1. The molecule has 0 bridgehead atoms. The van der Waals surface area contributed by atoms with Gasteiger partial charge in [0.1, 0.15) is 17.9 Å². The van der Waals surface area contributed by atoms with Crippen LogP contribution in [0.3, 0.4) is 0 Å². The molecule has 0 saturated heterocycles. The van der Waals surface area contributed by atoms with Gasteiger partial charge in [-0.05, 0) is 38.7 Å². The number of para-hydroxylation sites is 1. The van der Waals surface area contributed by atoms with Gasteiger partial charge in [0, 0.05) is 26.2 Å². The average molecular weight is 393 g/mol. The fraction of sp³-hybridized carbons (Fsp3) is 0.636. The zero-order chi connectivity index (χ0) is 21.9. The number of nitrogens with zero attached hydrogens (tertiary/aromatic N) is 1. The Morgan fingerprint density at radius 3 is 2.18 bits per heavy atom. The zero-order valence-corrected chi connectivity index (χ0v) is 18.7. The molecular weight excluding hydrogens is 356 g/mol. The molecule has 0 spiro atoms. The zero-order valence-electron chi connectivity index (χ0n) is 18.7. The van der Waals surface area contributed by atoms with Crippen LogP contribution in [0.25, 0.3) is 0 Å². The van der Waals surface area contributed by atoms with Crippen molar-refractivity contribution in [1.82, 2.24) is 10.2 Å². The first-order chi connectivity index (χ1) is 12.7. The van der Waals surface area contributed by atoms with E-state index in [1.807, 2.05) is 39.0 Å². The van der Waals surface area contributed by atoms with Crippen LogP contribution in [-0.2, 0) is 26.3 Å². The van der Waals surface area contributed by atoms with E-state index in [-0.39, 0.29) is 29.6 Å². The summed E-state index contributed by atoms with van der Waals surface area (Å²) in [7, 11) is 3.32. The minimum Gasteiger partial charge on any atom is -0.507 e. The molecular formula is C22H36N2O4. The maximum absolute atomic E-state index is 12.7. The maximum atomic E-state index is 12.7. The summed E-state index contributed by atoms with van der Waals surface area (Å²) in [6.07, 6.45) is -0.658. The third kappa shape index (κ3) is 6.23. The number of carbonyl (C=O) groups is 2. The molecule has 0 aliphatic heterocycles. The average Bonchev–Trinajstić information content (AvgIpc) is 2.53. The molecule has 0 aromatic heterocycles. The van der Waals surface area contributed by atoms with Crippen molar-refractivity contribution in [3.63, 3.8) is 0 Å². The topological polar surface area (TPSA) is 78.9 Å². The number of hydrogen-bond donors (Lipinski definition) is 2. The number of amides is 1. The smallest absolute Gasteiger partial charge is 0.311 e. The van der Waals surface area contributed by atoms with Gasteiger partial charge in [0.15, 0.2) is 0 Å². The fourth-order valence-corrected chi connectivity index (χ4v) is 2.70. The highest BCUT2D eigenvalue weighted by molar-refractivity contribution is 5.83. The highest BCUT2D eigenvalue weighted by atomic mass is 16.5. The summed E-state index contributed by atoms with van der Waals surface area (Å²) in [5, 5.41) is 13.8. The Morgan fingerprint density at radius 2 is 1.71 bits per heavy atom. The molecule has 0 radical (unpaired) electrons. The molecule has 0 fully saturated rings. The normalized spacial score (nSPS) is 14.3. The molecule has 6 nitrogen and oxygen atoms in total. The Kier molecular flexibility index (Phi) is 7.66. The number of carbonyl (C=O) groups excluding carboxylic acids is 2. The monoisotopic (exact) mass is 392 g/mol. The molecule has 0 unspecified atom stereocenters. The van der Waals surface area contributed by atoms with E-state index in [1.165, 1.54) is 4.90 Å². The predicted octanol–water partition coefficient (Wildman–Crippen LogP) is 3.21. The van der Waals surface area contributed by atoms with E-state index in [4.69, 9.17) is 4.74 Å². The summed E-state index contributed by atoms with van der Waals surface area (Å²) in [6.45, 7) is 13.4. The number of nitrogens with one attached hydrogen (secondary N) is 1. The van der Waals surface area contributed by atoms with Crippen molar-refractivity contribution >= 4 is 11.9 Å². The molecule has 2 atom stereocenters. The van der Waals surface area contributed by atoms with Gasteiger partial charge in [0.2, 0.25) is 5.91 Å². The third-order valence-electron chi connectivity index (χ3n) is 4.52. The van der Waals surface area contributed by atoms with Crippen molar-refractivity contribution < 1.29 is 19.4 Å². The van der Waals surface area contributed by atoms with Gasteiger partial charge < -0.3 is 14.7 Å². The summed E-state index contributed by atoms with van der Waals surface area (Å²) in [4.78, 5) is 26.4. The second-order valence-electron chi connectivity index (χ2n) is 9.51. The van der Waals surface area contributed by atoms with Crippen LogP contribution in [0.5, 0.6) is 5.75 Å². The summed E-state index contributed by atoms with van der Waals surface area (Å²) in [5.41, 5.74) is 0.682. The van der Waals surface area contributed by atoms with Crippen molar-refractivity contribution in [2.24, 2.45) is 5.41 Å². The summed E-state index contributed by atoms with van der Waals surface area (Å²) < 4.78 is 5.53. The number of likely N-dealkylation sites (N-methyl/N-ethyl adjacent to an activating group) is 1. The lowest BCUT2D eigenvalue weighted by Crippen LogP contribution is -2.51. The molecule has 1 amide bonds. The lowest BCUT2D eigenvalue weighted by molar-refractivity contribution is -0.161. The van der Waals surface area contributed by atoms with Crippen molar-refractivity contribution in [3.05, 3.63) is 29.3 Å². The van der Waals surface area contributed by atoms with Crippen LogP contribution in [0, 0.1) is 5.41 Å². The lowest BCUT2D eigenvalue weighted by Gasteiger charge is -2.29. The van der Waals surface area contributed by atoms with Crippen LogP contribution in [-0.4, -0.2) is 48.1 Å². The van der Waals surface area contributed by atoms with Crippen molar-refractivity contribution in [3.8, 4) is 5.75 Å². The Labute approximate surface area is 169 Å². The third-order valence-corrected chi connectivity index (χ3v) is 4.52. The minimum absolute atomic E-state index is 0.194. The molecule has 1 rings (SSSR count). The molecule has 0 aliphatic carbocycles. The number of esters is 1. The van der Waals surface area contributed by atoms with E-state index in [0.29, 0.717) is 5.56 Å². The van der Waals surface area contributed by atoms with Gasteiger partial charge in [-0.2, -0.15) is 0 Å². The van der Waals surface area contributed by atoms with Crippen molar-refractivity contribution in [2.75, 3.05) is 14.1 Å². The molecule has 1 aromatic carbocycles. The molecule has 158 valence electrons. The molecule has 2 N–H and O–H groups in total. The van der Waals surface area contributed by atoms with Gasteiger partial charge in [-0.3, -0.25) is 14.9 Å². The van der Waals surface area contributed by atoms with Gasteiger partial charge in [0.25, 0.3) is 0 Å². The molecule has 0 aliphatic rings. The van der Waals surface area contributed by atoms with E-state index in [9.17, 15) is 14.7 Å². The molecule has 6 heteroatoms. The first-order valence-electron chi connectivity index (χ1n) is 9.63. The van der Waals surface area contributed by atoms with Gasteiger partial charge >= 0.3 is 5.97 Å². The van der Waals surface area contributed by atoms with E-state index >= 15 is 0 Å². The Hall–Kier alpha value is -2.08. The number of hydrogen-bond acceptors (Lipinski definition) is 5. The van der Waals surface area contributed by atoms with Crippen LogP contribution in [0.1, 0.15) is 59.6 Å². The van der Waals surface area contributed by atoms with Gasteiger partial charge in [-0.25, -0.2) is 0 Å². The van der Waals surface area contributed by atoms with E-state index in [1.54, 1.807) is 41.8 Å². The first-order valence-corrected chi connectivity index (χ1v) is 9.63. The molecule has 28 heavy (non-hydrogen) atoms. The largest absolute Gasteiger partial charge is 0.507 e. The maximum Gasteiger partial charge on any atom is 0.311 e. The molecule has 1 aromatic rings. The standard InChI is InChI=1S/C22H36N2O4/c1-14(28-20(27)22(5,6)7)17(19(26)24(8)9)23-13-15-11-10-12-16(18(15)25)21(2,3)4/h10-12,14,17,23,25H,13H2,1-9H3/t14-,17+/m1/s1. The summed E-state index contributed by atoms with van der Waals surface area (Å²) >= 11 is 0. The predicted molar refractivity (Wildman–Crippen MR) is 111 cm³/mol. The van der Waals surface area contributed by atoms with Crippen molar-refractivity contribution in [1.29, 1.82) is 0 Å². The van der Waals surface area contributed by atoms with Gasteiger partial charge in [-0.15, -0.1) is 0 Å². The van der Waals surface area contributed by atoms with Crippen LogP contribution in [0.2, 0.25) is 0 Å². The second kappa shape index (κ2) is 8.95. The van der Waals surface area contributed by atoms with Crippen molar-refractivity contribution in [2.45, 2.75) is 72.6 Å². The van der Waals surface area contributed by atoms with Gasteiger partial charge in [0.05, 0.1) is 5.41 Å². The SMILES string of the molecule is C[C@@H](OC(=O)C(C)(C)C)[C@H](NCc1cccc(C(C)(C)C)c1O)C(=O)N(C)C. The highest BCUT2D eigenvalue weighted by Gasteiger charge is 2.32. The highest BCUT2D eigenvalue weighted by Crippen LogP contribution is 2.33. The van der Waals surface area contributed by atoms with Crippen LogP contribution >= 0.6 is 0 Å². The Bertz CT molecular complexity index is 699. The quantitative estimate of drug-likeness (QED) is 0.727. The lowest BCUT2D eigenvalue weighted by atomic mass is 9.85. The number of ether oxygens (including phenoxy) is 1. The van der Waals surface area contributed by atoms with Crippen LogP contribution in [0.15, 0.2) is 18.2 Å². The van der Waals surface area contributed by atoms with Crippen LogP contribution in [0.4, 0.5) is 0 Å². The number of phenols is 1. The van der Waals surface area contributed by atoms with E-state index in [0.717, 1.165) is 5.56 Å². The van der Waals surface area contributed by atoms with Crippen LogP contribution < -0.4 is 5.32 Å². The Morgan fingerprint density at radius 1 is 1.14 bits per heavy atom.